The maximum Gasteiger partial charge on any atom is 0.256 e. The number of hydrogen-bond acceptors (Lipinski definition) is 2. The third kappa shape index (κ3) is 1.76. The molecule has 1 rings (SSSR count). The molecule has 0 aliphatic heterocycles. The van der Waals surface area contributed by atoms with Gasteiger partial charge in [0.1, 0.15) is 11.7 Å². The number of nitrogens with zero attached hydrogens (tertiary/aromatic N) is 2. The van der Waals surface area contributed by atoms with Crippen molar-refractivity contribution in [2.45, 2.75) is 47.2 Å². The van der Waals surface area contributed by atoms with E-state index in [4.69, 9.17) is 0 Å². The van der Waals surface area contributed by atoms with Gasteiger partial charge < -0.3 is 9.90 Å². The third-order valence-electron chi connectivity index (χ3n) is 2.78. The Balaban J connectivity index is 3.51. The molecule has 0 N–H and O–H groups in total. The molecule has 0 bridgehead atoms. The Kier molecular flexibility index (Phi) is 3.50. The highest BCUT2D eigenvalue weighted by Gasteiger charge is 2.25. The van der Waals surface area contributed by atoms with E-state index in [1.807, 2.05) is 36.8 Å². The first-order chi connectivity index (χ1) is 7.08. The van der Waals surface area contributed by atoms with Crippen LogP contribution in [-0.2, 0) is 19.5 Å². The van der Waals surface area contributed by atoms with Crippen LogP contribution in [-0.4, -0.2) is 10.5 Å². The van der Waals surface area contributed by atoms with E-state index in [0.29, 0.717) is 12.2 Å². The summed E-state index contributed by atoms with van der Waals surface area (Å²) in [6.07, 6.45) is 0.829. The van der Waals surface area contributed by atoms with Gasteiger partial charge in [-0.15, -0.1) is 0 Å². The van der Waals surface area contributed by atoms with E-state index in [2.05, 4.69) is 0 Å². The highest BCUT2D eigenvalue weighted by Crippen LogP contribution is 2.09. The molecule has 1 aromatic rings. The summed E-state index contributed by atoms with van der Waals surface area (Å²) in [5.41, 5.74) is 1.10. The van der Waals surface area contributed by atoms with Crippen LogP contribution in [0.1, 0.15) is 42.8 Å². The highest BCUT2D eigenvalue weighted by atomic mass is 16.4. The molecule has 0 saturated carbocycles. The van der Waals surface area contributed by atoms with Crippen LogP contribution >= 0.6 is 0 Å². The van der Waals surface area contributed by atoms with Gasteiger partial charge in [0.2, 0.25) is 0 Å². The first kappa shape index (κ1) is 11.8. The van der Waals surface area contributed by atoms with Crippen molar-refractivity contribution in [3.8, 4) is 0 Å². The number of hydrogen-bond donors (Lipinski definition) is 0. The first-order valence-electron chi connectivity index (χ1n) is 5.41. The number of aromatic nitrogens is 2. The predicted molar refractivity (Wildman–Crippen MR) is 54.4 cm³/mol. The zero-order valence-corrected chi connectivity index (χ0v) is 9.83. The fraction of sp³-hybridized carbons (Fsp3) is 0.636. The molecular formula is C11H18N2O2. The van der Waals surface area contributed by atoms with Crippen LogP contribution in [0.5, 0.6) is 0 Å². The van der Waals surface area contributed by atoms with E-state index < -0.39 is 5.97 Å². The fourth-order valence-corrected chi connectivity index (χ4v) is 2.19. The summed E-state index contributed by atoms with van der Waals surface area (Å²) in [7, 11) is 0. The topological polar surface area (TPSA) is 48.9 Å². The van der Waals surface area contributed by atoms with Gasteiger partial charge in [-0.2, -0.15) is 0 Å². The average Bonchev–Trinajstić information content (AvgIpc) is 2.49. The summed E-state index contributed by atoms with van der Waals surface area (Å²) in [5, 5.41) is 11.1. The normalized spacial score (nSPS) is 10.7. The lowest BCUT2D eigenvalue weighted by Gasteiger charge is -2.01. The summed E-state index contributed by atoms with van der Waals surface area (Å²) < 4.78 is 3.86. The molecule has 4 heteroatoms. The van der Waals surface area contributed by atoms with E-state index in [1.165, 1.54) is 0 Å². The summed E-state index contributed by atoms with van der Waals surface area (Å²) >= 11 is 0. The molecule has 0 radical (unpaired) electrons. The van der Waals surface area contributed by atoms with Crippen LogP contribution < -0.4 is 9.67 Å². The quantitative estimate of drug-likeness (QED) is 0.659. The smallest absolute Gasteiger partial charge is 0.256 e. The van der Waals surface area contributed by atoms with Gasteiger partial charge in [-0.3, -0.25) is 0 Å². The second-order valence-electron chi connectivity index (χ2n) is 3.48. The van der Waals surface area contributed by atoms with Crippen LogP contribution in [0, 0.1) is 6.92 Å². The molecule has 15 heavy (non-hydrogen) atoms. The molecule has 84 valence electrons. The molecule has 1 aromatic heterocycles. The van der Waals surface area contributed by atoms with Crippen molar-refractivity contribution < 1.29 is 14.5 Å². The van der Waals surface area contributed by atoms with E-state index in [0.717, 1.165) is 24.5 Å². The highest BCUT2D eigenvalue weighted by molar-refractivity contribution is 5.83. The van der Waals surface area contributed by atoms with Crippen molar-refractivity contribution in [2.24, 2.45) is 0 Å². The van der Waals surface area contributed by atoms with Crippen molar-refractivity contribution >= 4 is 5.97 Å². The van der Waals surface area contributed by atoms with Crippen LogP contribution in [0.15, 0.2) is 0 Å². The zero-order valence-electron chi connectivity index (χ0n) is 9.83. The minimum absolute atomic E-state index is 0.316. The maximum absolute atomic E-state index is 11.1. The van der Waals surface area contributed by atoms with Gasteiger partial charge >= 0.3 is 0 Å². The summed E-state index contributed by atoms with van der Waals surface area (Å²) in [6, 6.07) is 0. The Bertz CT molecular complexity index is 380. The number of carbonyl (C=O) groups is 1. The Morgan fingerprint density at radius 2 is 2.00 bits per heavy atom. The predicted octanol–water partition coefficient (Wildman–Crippen LogP) is 0.0497. The Morgan fingerprint density at radius 3 is 2.33 bits per heavy atom. The minimum Gasteiger partial charge on any atom is -0.541 e. The molecule has 1 heterocycles. The third-order valence-corrected chi connectivity index (χ3v) is 2.78. The molecular weight excluding hydrogens is 192 g/mol. The first-order valence-corrected chi connectivity index (χ1v) is 5.41. The molecule has 4 nitrogen and oxygen atoms in total. The number of imidazole rings is 1. The van der Waals surface area contributed by atoms with Crippen molar-refractivity contribution in [3.05, 3.63) is 17.2 Å². The second-order valence-corrected chi connectivity index (χ2v) is 3.48. The Hall–Kier alpha value is -1.32. The van der Waals surface area contributed by atoms with Crippen LogP contribution in [0.4, 0.5) is 0 Å². The van der Waals surface area contributed by atoms with Gasteiger partial charge in [-0.05, 0) is 13.8 Å². The average molecular weight is 210 g/mol. The number of carboxylic acid groups (broad SMARTS) is 1. The van der Waals surface area contributed by atoms with Crippen LogP contribution in [0.3, 0.4) is 0 Å². The van der Waals surface area contributed by atoms with Crippen molar-refractivity contribution in [1.82, 2.24) is 4.57 Å². The zero-order chi connectivity index (χ0) is 11.6. The summed E-state index contributed by atoms with van der Waals surface area (Å²) in [5.74, 6) is -0.0343. The molecule has 0 saturated heterocycles. The lowest BCUT2D eigenvalue weighted by molar-refractivity contribution is -0.704. The second kappa shape index (κ2) is 4.47. The lowest BCUT2D eigenvalue weighted by atomic mass is 10.3. The molecule has 0 atom stereocenters. The van der Waals surface area contributed by atoms with E-state index >= 15 is 0 Å². The maximum atomic E-state index is 11.1. The van der Waals surface area contributed by atoms with Crippen LogP contribution in [0.25, 0.3) is 0 Å². The lowest BCUT2D eigenvalue weighted by Crippen LogP contribution is -2.45. The number of rotatable bonds is 4. The molecule has 0 aliphatic carbocycles. The van der Waals surface area contributed by atoms with Crippen molar-refractivity contribution in [3.63, 3.8) is 0 Å². The Labute approximate surface area is 90.2 Å². The fourth-order valence-electron chi connectivity index (χ4n) is 2.19. The molecule has 0 amide bonds. The monoisotopic (exact) mass is 210 g/mol. The number of aromatic carboxylic acids is 1. The van der Waals surface area contributed by atoms with Gasteiger partial charge in [0, 0.05) is 13.3 Å². The van der Waals surface area contributed by atoms with Crippen LogP contribution in [0.2, 0.25) is 0 Å². The number of carbonyl (C=O) groups excluding carboxylic acids is 1. The van der Waals surface area contributed by atoms with Gasteiger partial charge in [-0.1, -0.05) is 6.92 Å². The summed E-state index contributed by atoms with van der Waals surface area (Å²) in [6.45, 7) is 9.30. The SMILES string of the molecule is CCc1n(CC)c(C)c(C(=O)[O-])[n+]1CC. The van der Waals surface area contributed by atoms with E-state index in [9.17, 15) is 9.90 Å². The minimum atomic E-state index is -1.09. The van der Waals surface area contributed by atoms with Gasteiger partial charge in [0.25, 0.3) is 5.82 Å². The van der Waals surface area contributed by atoms with Crippen molar-refractivity contribution in [1.29, 1.82) is 0 Å². The largest absolute Gasteiger partial charge is 0.541 e. The van der Waals surface area contributed by atoms with Gasteiger partial charge in [0.05, 0.1) is 13.1 Å². The molecule has 0 unspecified atom stereocenters. The van der Waals surface area contributed by atoms with Gasteiger partial charge in [-0.25, -0.2) is 9.13 Å². The molecule has 0 spiro atoms. The molecule has 0 aliphatic rings. The summed E-state index contributed by atoms with van der Waals surface area (Å²) in [4.78, 5) is 11.1. The van der Waals surface area contributed by atoms with E-state index in [1.54, 1.807) is 0 Å². The molecule has 0 aromatic carbocycles. The molecule has 0 fully saturated rings. The Morgan fingerprint density at radius 1 is 1.40 bits per heavy atom. The van der Waals surface area contributed by atoms with Gasteiger partial charge in [0.15, 0.2) is 5.69 Å². The van der Waals surface area contributed by atoms with Crippen molar-refractivity contribution in [2.75, 3.05) is 0 Å². The van der Waals surface area contributed by atoms with E-state index in [-0.39, 0.29) is 0 Å². The number of carboxylic acids is 1. The standard InChI is InChI=1S/C11H18N2O2/c1-5-9-12(6-2)8(4)10(11(14)15)13(9)7-3/h5-7H2,1-4H3.